The molecule has 11 nitrogen and oxygen atoms in total. The van der Waals surface area contributed by atoms with Crippen molar-refractivity contribution in [2.75, 3.05) is 38.0 Å². The molecule has 3 N–H and O–H groups in total. The molecular formula is C23H28FN7O4. The van der Waals surface area contributed by atoms with Crippen LogP contribution in [-0.4, -0.2) is 70.8 Å². The number of ether oxygens (including phenoxy) is 2. The van der Waals surface area contributed by atoms with Gasteiger partial charge in [0, 0.05) is 33.0 Å². The van der Waals surface area contributed by atoms with Crippen LogP contribution >= 0.6 is 0 Å². The maximum absolute atomic E-state index is 13.7. The Bertz CT molecular complexity index is 1290. The Balaban J connectivity index is 1.46. The summed E-state index contributed by atoms with van der Waals surface area (Å²) in [6.07, 6.45) is 3.59. The van der Waals surface area contributed by atoms with Crippen LogP contribution in [-0.2, 0) is 9.47 Å². The predicted molar refractivity (Wildman–Crippen MR) is 127 cm³/mol. The molecule has 0 bridgehead atoms. The maximum Gasteiger partial charge on any atom is 0.274 e. The van der Waals surface area contributed by atoms with Gasteiger partial charge in [-0.2, -0.15) is 9.61 Å². The molecule has 1 aliphatic carbocycles. The number of carbonyl (C=O) groups excluding carboxylic acids is 1. The average Bonchev–Trinajstić information content (AvgIpc) is 3.31. The monoisotopic (exact) mass is 485 g/mol. The molecule has 186 valence electrons. The number of carbonyl (C=O) groups is 1. The smallest absolute Gasteiger partial charge is 0.274 e. The molecular weight excluding hydrogens is 457 g/mol. The predicted octanol–water partition coefficient (Wildman–Crippen LogP) is 1.88. The summed E-state index contributed by atoms with van der Waals surface area (Å²) in [6.45, 7) is 0.972. The number of nitrogens with one attached hydrogen (secondary N) is 3. The lowest BCUT2D eigenvalue weighted by molar-refractivity contribution is -0.0609. The lowest BCUT2D eigenvalue weighted by Gasteiger charge is -2.32. The van der Waals surface area contributed by atoms with Gasteiger partial charge in [-0.05, 0) is 31.4 Å². The number of amides is 1. The molecule has 0 spiro atoms. The average molecular weight is 486 g/mol. The van der Waals surface area contributed by atoms with Gasteiger partial charge in [0.2, 0.25) is 0 Å². The number of hydrogen-bond acceptors (Lipinski definition) is 8. The first kappa shape index (κ1) is 23.2. The van der Waals surface area contributed by atoms with E-state index in [2.05, 4.69) is 26.0 Å². The Morgan fingerprint density at radius 2 is 2.17 bits per heavy atom. The highest BCUT2D eigenvalue weighted by molar-refractivity contribution is 6.00. The van der Waals surface area contributed by atoms with E-state index in [0.717, 1.165) is 0 Å². The highest BCUT2D eigenvalue weighted by Crippen LogP contribution is 2.26. The fourth-order valence-electron chi connectivity index (χ4n) is 4.48. The van der Waals surface area contributed by atoms with E-state index in [9.17, 15) is 14.0 Å². The minimum Gasteiger partial charge on any atom is -0.379 e. The van der Waals surface area contributed by atoms with Crippen molar-refractivity contribution in [2.45, 2.75) is 43.6 Å². The SMILES string of the molecule is CNc1cc(Nc2cccn([C@H]3CCOC[C@H]3OC)c2=O)nc2c(C(=O)N[C@H]3CC[C@@H]3F)cnn12. The third-order valence-electron chi connectivity index (χ3n) is 6.65. The van der Waals surface area contributed by atoms with Crippen molar-refractivity contribution >= 4 is 28.9 Å². The van der Waals surface area contributed by atoms with Gasteiger partial charge < -0.3 is 30.0 Å². The van der Waals surface area contributed by atoms with E-state index in [0.29, 0.717) is 49.8 Å². The van der Waals surface area contributed by atoms with Crippen LogP contribution in [0.15, 0.2) is 35.4 Å². The second-order valence-electron chi connectivity index (χ2n) is 8.71. The number of alkyl halides is 1. The van der Waals surface area contributed by atoms with E-state index in [-0.39, 0.29) is 28.9 Å². The summed E-state index contributed by atoms with van der Waals surface area (Å²) in [4.78, 5) is 30.6. The van der Waals surface area contributed by atoms with E-state index in [4.69, 9.17) is 9.47 Å². The Labute approximate surface area is 200 Å². The fourth-order valence-corrected chi connectivity index (χ4v) is 4.48. The topological polar surface area (TPSA) is 124 Å². The van der Waals surface area contributed by atoms with Crippen molar-refractivity contribution < 1.29 is 18.7 Å². The van der Waals surface area contributed by atoms with Crippen molar-refractivity contribution in [2.24, 2.45) is 0 Å². The Morgan fingerprint density at radius 3 is 2.89 bits per heavy atom. The van der Waals surface area contributed by atoms with Gasteiger partial charge in [0.25, 0.3) is 11.5 Å². The van der Waals surface area contributed by atoms with Gasteiger partial charge in [0.1, 0.15) is 35.2 Å². The highest BCUT2D eigenvalue weighted by Gasteiger charge is 2.33. The largest absolute Gasteiger partial charge is 0.379 e. The van der Waals surface area contributed by atoms with Crippen LogP contribution in [0.3, 0.4) is 0 Å². The Morgan fingerprint density at radius 1 is 1.31 bits per heavy atom. The quantitative estimate of drug-likeness (QED) is 0.464. The van der Waals surface area contributed by atoms with Gasteiger partial charge in [0.05, 0.1) is 24.9 Å². The lowest BCUT2D eigenvalue weighted by atomic mass is 9.90. The third kappa shape index (κ3) is 4.34. The molecule has 12 heteroatoms. The Kier molecular flexibility index (Phi) is 6.39. The number of anilines is 3. The number of aromatic nitrogens is 4. The second-order valence-corrected chi connectivity index (χ2v) is 8.71. The summed E-state index contributed by atoms with van der Waals surface area (Å²) in [5, 5.41) is 13.1. The first-order valence-electron chi connectivity index (χ1n) is 11.6. The van der Waals surface area contributed by atoms with Crippen molar-refractivity contribution in [1.82, 2.24) is 24.5 Å². The molecule has 4 heterocycles. The van der Waals surface area contributed by atoms with Gasteiger partial charge in [0.15, 0.2) is 5.65 Å². The van der Waals surface area contributed by atoms with E-state index < -0.39 is 18.1 Å². The summed E-state index contributed by atoms with van der Waals surface area (Å²) in [5.74, 6) is 0.475. The zero-order valence-electron chi connectivity index (χ0n) is 19.5. The minimum absolute atomic E-state index is 0.151. The zero-order valence-corrected chi connectivity index (χ0v) is 19.5. The molecule has 2 aliphatic rings. The molecule has 35 heavy (non-hydrogen) atoms. The van der Waals surface area contributed by atoms with E-state index in [1.165, 1.54) is 10.7 Å². The van der Waals surface area contributed by atoms with E-state index >= 15 is 0 Å². The van der Waals surface area contributed by atoms with E-state index in [1.54, 1.807) is 43.1 Å². The molecule has 0 radical (unpaired) electrons. The van der Waals surface area contributed by atoms with Crippen LogP contribution in [0.4, 0.5) is 21.7 Å². The molecule has 1 saturated carbocycles. The minimum atomic E-state index is -1.03. The number of methoxy groups -OCH3 is 1. The molecule has 2 fully saturated rings. The van der Waals surface area contributed by atoms with Gasteiger partial charge in [-0.15, -0.1) is 0 Å². The summed E-state index contributed by atoms with van der Waals surface area (Å²) in [7, 11) is 3.32. The first-order chi connectivity index (χ1) is 17.0. The molecule has 1 aliphatic heterocycles. The fraction of sp³-hybridized carbons (Fsp3) is 0.478. The number of pyridine rings is 1. The first-order valence-corrected chi connectivity index (χ1v) is 11.6. The molecule has 0 unspecified atom stereocenters. The molecule has 0 aromatic carbocycles. The zero-order chi connectivity index (χ0) is 24.5. The second kappa shape index (κ2) is 9.62. The van der Waals surface area contributed by atoms with Crippen molar-refractivity contribution in [3.63, 3.8) is 0 Å². The summed E-state index contributed by atoms with van der Waals surface area (Å²) in [6, 6.07) is 4.50. The summed E-state index contributed by atoms with van der Waals surface area (Å²) < 4.78 is 27.8. The summed E-state index contributed by atoms with van der Waals surface area (Å²) >= 11 is 0. The normalized spacial score (nSPS) is 24.1. The van der Waals surface area contributed by atoms with Crippen LogP contribution in [0.5, 0.6) is 0 Å². The summed E-state index contributed by atoms with van der Waals surface area (Å²) in [5.41, 5.74) is 0.610. The molecule has 3 aromatic heterocycles. The number of hydrogen-bond donors (Lipinski definition) is 3. The van der Waals surface area contributed by atoms with Crippen LogP contribution < -0.4 is 21.5 Å². The van der Waals surface area contributed by atoms with Gasteiger partial charge in [-0.1, -0.05) is 0 Å². The lowest BCUT2D eigenvalue weighted by Crippen LogP contribution is -2.48. The molecule has 3 aromatic rings. The molecule has 5 rings (SSSR count). The number of nitrogens with zero attached hydrogens (tertiary/aromatic N) is 4. The van der Waals surface area contributed by atoms with Crippen molar-refractivity contribution in [1.29, 1.82) is 0 Å². The molecule has 4 atom stereocenters. The molecule has 1 saturated heterocycles. The van der Waals surface area contributed by atoms with Crippen LogP contribution in [0, 0.1) is 0 Å². The van der Waals surface area contributed by atoms with Crippen molar-refractivity contribution in [3.8, 4) is 0 Å². The number of halogens is 1. The van der Waals surface area contributed by atoms with Crippen LogP contribution in [0.25, 0.3) is 5.65 Å². The van der Waals surface area contributed by atoms with Crippen molar-refractivity contribution in [3.05, 3.63) is 46.5 Å². The highest BCUT2D eigenvalue weighted by atomic mass is 19.1. The maximum atomic E-state index is 13.7. The number of rotatable bonds is 7. The Hall–Kier alpha value is -3.51. The molecule has 1 amide bonds. The van der Waals surface area contributed by atoms with Gasteiger partial charge in [-0.25, -0.2) is 9.37 Å². The van der Waals surface area contributed by atoms with E-state index in [1.807, 2.05) is 0 Å². The number of fused-ring (bicyclic) bond motifs is 1. The van der Waals surface area contributed by atoms with Crippen LogP contribution in [0.1, 0.15) is 35.7 Å². The standard InChI is InChI=1S/C23H28FN7O4/c1-25-20-10-19(29-21-13(11-26-31(20)21)22(32)28-15-6-5-14(15)24)27-16-4-3-8-30(23(16)33)17-7-9-35-12-18(17)34-2/h3-4,8,10-11,14-15,17-18,25H,5-7,9,12H2,1-2H3,(H,27,29)(H,28,32)/t14-,15-,17-,18+/m0/s1. The van der Waals surface area contributed by atoms with Gasteiger partial charge in [-0.3, -0.25) is 9.59 Å². The van der Waals surface area contributed by atoms with Crippen LogP contribution in [0.2, 0.25) is 0 Å². The van der Waals surface area contributed by atoms with Gasteiger partial charge >= 0.3 is 0 Å². The third-order valence-corrected chi connectivity index (χ3v) is 6.65.